The summed E-state index contributed by atoms with van der Waals surface area (Å²) in [7, 11) is 0. The topological polar surface area (TPSA) is 69.4 Å². The molecule has 0 aliphatic heterocycles. The summed E-state index contributed by atoms with van der Waals surface area (Å²) in [5.41, 5.74) is 17.2. The van der Waals surface area contributed by atoms with Crippen LogP contribution >= 0.6 is 0 Å². The van der Waals surface area contributed by atoms with Gasteiger partial charge in [0.1, 0.15) is 0 Å². The molecule has 0 saturated carbocycles. The van der Waals surface area contributed by atoms with Crippen molar-refractivity contribution in [2.75, 3.05) is 0 Å². The van der Waals surface area contributed by atoms with Crippen molar-refractivity contribution in [1.29, 1.82) is 0 Å². The Bertz CT molecular complexity index is 3590. The number of hydrogen-bond donors (Lipinski definition) is 0. The second-order valence-electron chi connectivity index (χ2n) is 17.5. The first-order chi connectivity index (χ1) is 34.0. The number of aromatic nitrogens is 6. The molecule has 0 aliphatic rings. The zero-order chi connectivity index (χ0) is 46.3. The third kappa shape index (κ3) is 8.04. The summed E-state index contributed by atoms with van der Waals surface area (Å²) in [6.07, 6.45) is 0. The molecule has 3 heterocycles. The molecule has 0 amide bonds. The fourth-order valence-corrected chi connectivity index (χ4v) is 9.20. The van der Waals surface area contributed by atoms with Crippen LogP contribution in [0, 0.1) is 13.8 Å². The second-order valence-corrected chi connectivity index (χ2v) is 17.5. The van der Waals surface area contributed by atoms with Crippen molar-refractivity contribution < 1.29 is 0 Å². The van der Waals surface area contributed by atoms with Crippen molar-refractivity contribution in [1.82, 2.24) is 29.5 Å². The van der Waals surface area contributed by atoms with Gasteiger partial charge in [-0.15, -0.1) is 0 Å². The van der Waals surface area contributed by atoms with E-state index in [2.05, 4.69) is 152 Å². The van der Waals surface area contributed by atoms with E-state index in [4.69, 9.17) is 24.9 Å². The van der Waals surface area contributed by atoms with Gasteiger partial charge in [-0.05, 0) is 84.6 Å². The normalized spacial score (nSPS) is 11.3. The molecule has 0 unspecified atom stereocenters. The van der Waals surface area contributed by atoms with Crippen LogP contribution in [-0.4, -0.2) is 29.5 Å². The molecule has 6 heteroatoms. The van der Waals surface area contributed by atoms with Gasteiger partial charge in [-0.3, -0.25) is 0 Å². The van der Waals surface area contributed by atoms with Gasteiger partial charge in [0.2, 0.25) is 0 Å². The Kier molecular flexibility index (Phi) is 10.5. The summed E-state index contributed by atoms with van der Waals surface area (Å²) < 4.78 is 2.37. The SMILES string of the molecule is Cc1ccc(-c2ccc3c(c2)c2cc(-c4ccc(C)cc4)ccc2n3-c2ccc(-c3nc(-c4ccccc4)cc(-c4ccccc4)n3)cc2-c2nc(-c3ccccc3)nc(-c3ccccc3)n2)cc1. The van der Waals surface area contributed by atoms with Gasteiger partial charge in [-0.2, -0.15) is 0 Å². The molecule has 0 spiro atoms. The Morgan fingerprint density at radius 1 is 0.275 bits per heavy atom. The maximum atomic E-state index is 5.34. The van der Waals surface area contributed by atoms with Crippen LogP contribution in [0.25, 0.3) is 118 Å². The lowest BCUT2D eigenvalue weighted by atomic mass is 9.99. The molecule has 0 atom stereocenters. The molecule has 69 heavy (non-hydrogen) atoms. The van der Waals surface area contributed by atoms with Crippen molar-refractivity contribution in [3.63, 3.8) is 0 Å². The molecule has 326 valence electrons. The molecular formula is C63H44N6. The standard InChI is InChI=1S/C63H44N6/c1-41-23-27-43(28-24-41)49-31-34-57-52(37-49)53-38-50(44-29-25-42(2)26-30-44)32-35-58(53)69(57)59-36-33-51(62-64-55(45-15-7-3-8-16-45)40-56(65-62)46-17-9-4-10-18-46)39-54(59)63-67-60(47-19-11-5-12-20-47)66-61(68-63)48-21-13-6-14-22-48/h3-40H,1-2H3. The highest BCUT2D eigenvalue weighted by Gasteiger charge is 2.22. The molecule has 9 aromatic carbocycles. The van der Waals surface area contributed by atoms with Gasteiger partial charge in [0.25, 0.3) is 0 Å². The van der Waals surface area contributed by atoms with E-state index < -0.39 is 0 Å². The van der Waals surface area contributed by atoms with Crippen molar-refractivity contribution >= 4 is 21.8 Å². The van der Waals surface area contributed by atoms with Crippen molar-refractivity contribution in [3.05, 3.63) is 242 Å². The monoisotopic (exact) mass is 884 g/mol. The lowest BCUT2D eigenvalue weighted by molar-refractivity contribution is 1.06. The number of fused-ring (bicyclic) bond motifs is 3. The molecule has 12 aromatic rings. The first kappa shape index (κ1) is 41.3. The van der Waals surface area contributed by atoms with E-state index in [-0.39, 0.29) is 0 Å². The molecule has 6 nitrogen and oxygen atoms in total. The van der Waals surface area contributed by atoms with Crippen LogP contribution in [0.3, 0.4) is 0 Å². The average molecular weight is 885 g/mol. The van der Waals surface area contributed by atoms with Gasteiger partial charge in [0.15, 0.2) is 23.3 Å². The van der Waals surface area contributed by atoms with E-state index in [1.54, 1.807) is 0 Å². The Hall–Kier alpha value is -9.13. The summed E-state index contributed by atoms with van der Waals surface area (Å²) in [6, 6.07) is 80.6. The first-order valence-corrected chi connectivity index (χ1v) is 23.2. The second kappa shape index (κ2) is 17.6. The van der Waals surface area contributed by atoms with Crippen molar-refractivity contribution in [2.45, 2.75) is 13.8 Å². The molecule has 0 fully saturated rings. The van der Waals surface area contributed by atoms with Crippen LogP contribution in [0.2, 0.25) is 0 Å². The van der Waals surface area contributed by atoms with Crippen LogP contribution in [0.5, 0.6) is 0 Å². The summed E-state index contributed by atoms with van der Waals surface area (Å²) >= 11 is 0. The summed E-state index contributed by atoms with van der Waals surface area (Å²) in [5.74, 6) is 2.29. The van der Waals surface area contributed by atoms with E-state index in [0.29, 0.717) is 23.3 Å². The van der Waals surface area contributed by atoms with Crippen LogP contribution in [0.4, 0.5) is 0 Å². The van der Waals surface area contributed by atoms with Crippen LogP contribution in [0.1, 0.15) is 11.1 Å². The predicted octanol–water partition coefficient (Wildman–Crippen LogP) is 15.7. The maximum absolute atomic E-state index is 5.34. The molecule has 0 bridgehead atoms. The van der Waals surface area contributed by atoms with Crippen LogP contribution < -0.4 is 0 Å². The third-order valence-corrected chi connectivity index (χ3v) is 12.8. The zero-order valence-electron chi connectivity index (χ0n) is 38.1. The van der Waals surface area contributed by atoms with Crippen molar-refractivity contribution in [3.8, 4) is 96.0 Å². The van der Waals surface area contributed by atoms with E-state index in [1.807, 2.05) is 97.1 Å². The van der Waals surface area contributed by atoms with Crippen molar-refractivity contribution in [2.24, 2.45) is 0 Å². The Morgan fingerprint density at radius 3 is 1.10 bits per heavy atom. The van der Waals surface area contributed by atoms with Gasteiger partial charge in [0, 0.05) is 44.2 Å². The minimum Gasteiger partial charge on any atom is -0.308 e. The fourth-order valence-electron chi connectivity index (χ4n) is 9.20. The van der Waals surface area contributed by atoms with E-state index in [9.17, 15) is 0 Å². The Balaban J connectivity index is 1.15. The summed E-state index contributed by atoms with van der Waals surface area (Å²) in [6.45, 7) is 4.25. The number of nitrogens with zero attached hydrogens (tertiary/aromatic N) is 6. The maximum Gasteiger partial charge on any atom is 0.166 e. The number of benzene rings is 9. The van der Waals surface area contributed by atoms with Gasteiger partial charge in [0.05, 0.1) is 28.1 Å². The third-order valence-electron chi connectivity index (χ3n) is 12.8. The predicted molar refractivity (Wildman–Crippen MR) is 283 cm³/mol. The minimum atomic E-state index is 0.532. The number of rotatable bonds is 9. The highest BCUT2D eigenvalue weighted by molar-refractivity contribution is 6.12. The van der Waals surface area contributed by atoms with Gasteiger partial charge in [-0.25, -0.2) is 24.9 Å². The average Bonchev–Trinajstić information content (AvgIpc) is 3.74. The molecule has 0 saturated heterocycles. The molecular weight excluding hydrogens is 841 g/mol. The first-order valence-electron chi connectivity index (χ1n) is 23.2. The molecule has 12 rings (SSSR count). The zero-order valence-corrected chi connectivity index (χ0v) is 38.1. The largest absolute Gasteiger partial charge is 0.308 e. The Morgan fingerprint density at radius 2 is 0.652 bits per heavy atom. The van der Waals surface area contributed by atoms with E-state index in [1.165, 1.54) is 22.3 Å². The smallest absolute Gasteiger partial charge is 0.166 e. The van der Waals surface area contributed by atoms with Gasteiger partial charge >= 0.3 is 0 Å². The minimum absolute atomic E-state index is 0.532. The summed E-state index contributed by atoms with van der Waals surface area (Å²) in [4.78, 5) is 26.3. The van der Waals surface area contributed by atoms with E-state index in [0.717, 1.165) is 83.4 Å². The highest BCUT2D eigenvalue weighted by Crippen LogP contribution is 2.41. The Labute approximate surface area is 401 Å². The molecule has 3 aromatic heterocycles. The van der Waals surface area contributed by atoms with Gasteiger partial charge in [-0.1, -0.05) is 193 Å². The van der Waals surface area contributed by atoms with Crippen LogP contribution in [0.15, 0.2) is 231 Å². The molecule has 0 N–H and O–H groups in total. The molecule has 0 aliphatic carbocycles. The highest BCUT2D eigenvalue weighted by atomic mass is 15.1. The quantitative estimate of drug-likeness (QED) is 0.144. The number of hydrogen-bond acceptors (Lipinski definition) is 5. The van der Waals surface area contributed by atoms with Gasteiger partial charge < -0.3 is 4.57 Å². The lowest BCUT2D eigenvalue weighted by Gasteiger charge is -2.17. The molecule has 0 radical (unpaired) electrons. The van der Waals surface area contributed by atoms with Crippen LogP contribution in [-0.2, 0) is 0 Å². The van der Waals surface area contributed by atoms with E-state index >= 15 is 0 Å². The summed E-state index contributed by atoms with van der Waals surface area (Å²) in [5, 5.41) is 2.29. The lowest BCUT2D eigenvalue weighted by Crippen LogP contribution is -2.04. The fraction of sp³-hybridized carbons (Fsp3) is 0.0317. The number of aryl methyl sites for hydroxylation is 2.